The topological polar surface area (TPSA) is 94.6 Å². The molecule has 0 bridgehead atoms. The summed E-state index contributed by atoms with van der Waals surface area (Å²) >= 11 is 0. The van der Waals surface area contributed by atoms with Crippen molar-refractivity contribution < 1.29 is 19.2 Å². The van der Waals surface area contributed by atoms with Crippen LogP contribution in [0.2, 0.25) is 0 Å². The summed E-state index contributed by atoms with van der Waals surface area (Å²) in [5.74, 6) is -1.69. The normalized spacial score (nSPS) is 17.0. The number of piperazine rings is 1. The van der Waals surface area contributed by atoms with Gasteiger partial charge in [-0.1, -0.05) is 54.1 Å². The second-order valence-corrected chi connectivity index (χ2v) is 9.42. The third kappa shape index (κ3) is 5.73. The minimum absolute atomic E-state index is 0.0446. The molecule has 2 aliphatic rings. The van der Waals surface area contributed by atoms with Crippen LogP contribution >= 0.6 is 0 Å². The summed E-state index contributed by atoms with van der Waals surface area (Å²) in [6, 6.07) is 23.9. The van der Waals surface area contributed by atoms with Gasteiger partial charge in [0.2, 0.25) is 0 Å². The second kappa shape index (κ2) is 11.3. The minimum Gasteiger partial charge on any atom is -0.368 e. The zero-order chi connectivity index (χ0) is 27.4. The third-order valence-corrected chi connectivity index (χ3v) is 6.70. The molecule has 3 aromatic carbocycles. The molecule has 0 spiro atoms. The molecular weight excluding hydrogens is 494 g/mol. The van der Waals surface area contributed by atoms with Crippen LogP contribution in [0.3, 0.4) is 0 Å². The largest absolute Gasteiger partial charge is 0.376 e. The number of benzene rings is 3. The fraction of sp³-hybridized carbons (Fsp3) is 0.200. The van der Waals surface area contributed by atoms with Crippen LogP contribution in [0.4, 0.5) is 11.4 Å². The van der Waals surface area contributed by atoms with E-state index in [9.17, 15) is 14.4 Å². The van der Waals surface area contributed by atoms with E-state index < -0.39 is 17.8 Å². The van der Waals surface area contributed by atoms with Crippen LogP contribution < -0.4 is 15.5 Å². The number of hydrazine groups is 1. The average molecular weight is 524 g/mol. The van der Waals surface area contributed by atoms with Gasteiger partial charge in [0.15, 0.2) is 5.70 Å². The molecule has 1 N–H and O–H groups in total. The molecule has 9 nitrogen and oxygen atoms in total. The molecule has 2 saturated heterocycles. The van der Waals surface area contributed by atoms with Crippen molar-refractivity contribution in [2.45, 2.75) is 13.8 Å². The smallest absolute Gasteiger partial charge is 0.368 e. The lowest BCUT2D eigenvalue weighted by Crippen LogP contribution is -2.50. The maximum absolute atomic E-state index is 13.8. The fourth-order valence-electron chi connectivity index (χ4n) is 4.57. The van der Waals surface area contributed by atoms with Gasteiger partial charge < -0.3 is 14.6 Å². The Kier molecular flexibility index (Phi) is 7.51. The lowest BCUT2D eigenvalue weighted by atomic mass is 10.1. The van der Waals surface area contributed by atoms with Crippen LogP contribution in [0.5, 0.6) is 0 Å². The first kappa shape index (κ1) is 25.9. The maximum atomic E-state index is 13.8. The highest BCUT2D eigenvalue weighted by Gasteiger charge is 2.32. The predicted octanol–water partition coefficient (Wildman–Crippen LogP) is 3.60. The molecule has 0 saturated carbocycles. The molecule has 2 aliphatic heterocycles. The van der Waals surface area contributed by atoms with Crippen molar-refractivity contribution in [1.82, 2.24) is 10.5 Å². The Labute approximate surface area is 226 Å². The lowest BCUT2D eigenvalue weighted by molar-refractivity contribution is -0.140. The summed E-state index contributed by atoms with van der Waals surface area (Å²) in [6.45, 7) is 6.28. The van der Waals surface area contributed by atoms with Crippen molar-refractivity contribution in [1.29, 1.82) is 0 Å². The molecule has 0 radical (unpaired) electrons. The van der Waals surface area contributed by atoms with Crippen LogP contribution in [-0.2, 0) is 14.4 Å². The Morgan fingerprint density at radius 1 is 0.897 bits per heavy atom. The Bertz CT molecular complexity index is 1440. The monoisotopic (exact) mass is 523 g/mol. The van der Waals surface area contributed by atoms with Crippen molar-refractivity contribution >= 4 is 34.9 Å². The van der Waals surface area contributed by atoms with E-state index in [-0.39, 0.29) is 11.4 Å². The van der Waals surface area contributed by atoms with E-state index in [4.69, 9.17) is 4.84 Å². The number of hydrogen-bond acceptors (Lipinski definition) is 7. The van der Waals surface area contributed by atoms with E-state index in [2.05, 4.69) is 47.5 Å². The number of rotatable bonds is 5. The summed E-state index contributed by atoms with van der Waals surface area (Å²) in [5.41, 5.74) is 6.93. The van der Waals surface area contributed by atoms with Crippen LogP contribution in [0, 0.1) is 13.8 Å². The Hall–Kier alpha value is -4.76. The first-order valence-electron chi connectivity index (χ1n) is 12.7. The van der Waals surface area contributed by atoms with E-state index >= 15 is 0 Å². The minimum atomic E-state index is -0.689. The number of nitrogens with one attached hydrogen (secondary N) is 1. The summed E-state index contributed by atoms with van der Waals surface area (Å²) in [4.78, 5) is 52.5. The first-order valence-corrected chi connectivity index (χ1v) is 12.7. The summed E-state index contributed by atoms with van der Waals surface area (Å²) < 4.78 is 0. The highest BCUT2D eigenvalue weighted by Crippen LogP contribution is 2.24. The van der Waals surface area contributed by atoms with Gasteiger partial charge in [0, 0.05) is 43.5 Å². The molecule has 0 atom stereocenters. The molecule has 198 valence electrons. The second-order valence-electron chi connectivity index (χ2n) is 9.42. The van der Waals surface area contributed by atoms with Gasteiger partial charge in [-0.2, -0.15) is 0 Å². The van der Waals surface area contributed by atoms with Crippen molar-refractivity contribution in [2.24, 2.45) is 4.99 Å². The quantitative estimate of drug-likeness (QED) is 0.403. The number of nitrogens with zero attached hydrogens (tertiary/aromatic N) is 4. The highest BCUT2D eigenvalue weighted by molar-refractivity contribution is 6.45. The molecule has 2 amide bonds. The summed E-state index contributed by atoms with van der Waals surface area (Å²) in [7, 11) is 0. The number of anilines is 2. The molecule has 3 aromatic rings. The zero-order valence-corrected chi connectivity index (χ0v) is 21.8. The van der Waals surface area contributed by atoms with Gasteiger partial charge >= 0.3 is 5.97 Å². The van der Waals surface area contributed by atoms with E-state index in [0.29, 0.717) is 37.4 Å². The number of hydrogen-bond donors (Lipinski definition) is 1. The Balaban J connectivity index is 1.43. The molecule has 0 aliphatic carbocycles. The number of para-hydroxylation sites is 1. The number of carbonyl (C=O) groups excluding carboxylic acids is 3. The Morgan fingerprint density at radius 2 is 1.56 bits per heavy atom. The molecule has 0 aromatic heterocycles. The van der Waals surface area contributed by atoms with Crippen molar-refractivity contribution in [3.05, 3.63) is 107 Å². The zero-order valence-electron chi connectivity index (χ0n) is 21.8. The van der Waals surface area contributed by atoms with E-state index in [1.165, 1.54) is 22.2 Å². The lowest BCUT2D eigenvalue weighted by Gasteiger charge is -2.37. The van der Waals surface area contributed by atoms with Crippen molar-refractivity contribution in [3.8, 4) is 0 Å². The molecule has 9 heteroatoms. The number of amides is 2. The van der Waals surface area contributed by atoms with Gasteiger partial charge in [-0.3, -0.25) is 9.59 Å². The third-order valence-electron chi connectivity index (χ3n) is 6.70. The fourth-order valence-corrected chi connectivity index (χ4v) is 4.57. The molecule has 2 heterocycles. The number of carbonyl (C=O) groups is 3. The van der Waals surface area contributed by atoms with Crippen LogP contribution in [0.25, 0.3) is 0 Å². The van der Waals surface area contributed by atoms with Gasteiger partial charge in [0.1, 0.15) is 5.71 Å². The van der Waals surface area contributed by atoms with Crippen LogP contribution in [0.15, 0.2) is 95.6 Å². The summed E-state index contributed by atoms with van der Waals surface area (Å²) in [5, 5.41) is 1.41. The van der Waals surface area contributed by atoms with Crippen molar-refractivity contribution in [2.75, 3.05) is 36.1 Å². The van der Waals surface area contributed by atoms with Gasteiger partial charge in [-0.05, 0) is 55.3 Å². The maximum Gasteiger partial charge on any atom is 0.376 e. The van der Waals surface area contributed by atoms with Crippen molar-refractivity contribution in [3.63, 3.8) is 0 Å². The average Bonchev–Trinajstić information content (AvgIpc) is 3.34. The number of aliphatic imine (C=N–C) groups is 1. The molecule has 2 fully saturated rings. The van der Waals surface area contributed by atoms with Gasteiger partial charge in [-0.15, -0.1) is 0 Å². The molecular formula is C30H29N5O4. The number of aryl methyl sites for hydroxylation is 2. The van der Waals surface area contributed by atoms with Crippen LogP contribution in [0.1, 0.15) is 21.5 Å². The highest BCUT2D eigenvalue weighted by atomic mass is 16.7. The van der Waals surface area contributed by atoms with Gasteiger partial charge in [-0.25, -0.2) is 14.8 Å². The SMILES string of the molecule is Cc1ccc(C)c(N2CCN(C(=O)C(/C=C3\C(=O)ONN3c3ccccc3)=NC(=O)c3ccccc3)CC2)c1. The van der Waals surface area contributed by atoms with Crippen LogP contribution in [-0.4, -0.2) is 54.6 Å². The molecule has 0 unspecified atom stereocenters. The van der Waals surface area contributed by atoms with Gasteiger partial charge in [0.05, 0.1) is 5.69 Å². The van der Waals surface area contributed by atoms with E-state index in [1.54, 1.807) is 47.4 Å². The van der Waals surface area contributed by atoms with Gasteiger partial charge in [0.25, 0.3) is 11.8 Å². The first-order chi connectivity index (χ1) is 18.9. The summed E-state index contributed by atoms with van der Waals surface area (Å²) in [6.07, 6.45) is 1.32. The predicted molar refractivity (Wildman–Crippen MR) is 149 cm³/mol. The molecule has 39 heavy (non-hydrogen) atoms. The molecule has 5 rings (SSSR count). The Morgan fingerprint density at radius 3 is 2.26 bits per heavy atom. The van der Waals surface area contributed by atoms with E-state index in [0.717, 1.165) is 5.69 Å². The van der Waals surface area contributed by atoms with E-state index in [1.807, 2.05) is 18.2 Å². The standard InChI is InChI=1S/C30H29N5O4/c1-21-13-14-22(2)26(19-21)33-15-17-34(18-16-33)29(37)25(31-28(36)23-9-5-3-6-10-23)20-27-30(38)39-32-35(27)24-11-7-4-8-12-24/h3-14,19-20,32H,15-18H2,1-2H3/b27-20+,31-25?.